The van der Waals surface area contributed by atoms with Gasteiger partial charge in [0.2, 0.25) is 22.1 Å². The van der Waals surface area contributed by atoms with Crippen molar-refractivity contribution in [2.24, 2.45) is 5.41 Å². The predicted molar refractivity (Wildman–Crippen MR) is 214 cm³/mol. The summed E-state index contributed by atoms with van der Waals surface area (Å²) in [7, 11) is -14.3. The molecule has 0 saturated heterocycles. The average molecular weight is 855 g/mol. The first-order valence-electron chi connectivity index (χ1n) is 16.9. The fourth-order valence-corrected chi connectivity index (χ4v) is 12.0. The standard InChI is InChI=1S/C38H31NO12S5/c1-3-39-36(40)38(37(41)51-4-2)19-21(11-13-27-23-7-5-9-25-30(54(42,43)44)16-15-29(52-27)33(23)25)17-22(20-38)12-14-28-24-8-6-10-26-31(55(45,46)47)18-32(56(48,49)50)35(53-28)34(24)26/h5-18H,3-4,19-20H2,1-2H3,(H3-,39,40,42,43,44,45,46,47,48,49,50)/p+1. The van der Waals surface area contributed by atoms with E-state index in [-0.39, 0.29) is 46.6 Å². The summed E-state index contributed by atoms with van der Waals surface area (Å²) in [5.74, 6) is -1.28. The molecule has 4 aromatic carbocycles. The third-order valence-corrected chi connectivity index (χ3v) is 14.7. The van der Waals surface area contributed by atoms with Crippen LogP contribution >= 0.6 is 11.3 Å². The van der Waals surface area contributed by atoms with Gasteiger partial charge in [-0.15, -0.1) is 11.3 Å². The number of ether oxygens (including phenoxy) is 1. The second-order valence-electron chi connectivity index (χ2n) is 13.1. The summed E-state index contributed by atoms with van der Waals surface area (Å²) in [4.78, 5) is 26.5. The highest BCUT2D eigenvalue weighted by atomic mass is 32.2. The van der Waals surface area contributed by atoms with Gasteiger partial charge in [0.25, 0.3) is 35.2 Å². The lowest BCUT2D eigenvalue weighted by Crippen LogP contribution is -2.49. The fraction of sp³-hybridized carbons (Fsp3) is 0.184. The third kappa shape index (κ3) is 7.00. The molecule has 1 atom stereocenters. The van der Waals surface area contributed by atoms with Crippen LogP contribution in [0.3, 0.4) is 0 Å². The molecule has 0 saturated carbocycles. The van der Waals surface area contributed by atoms with Crippen molar-refractivity contribution in [2.75, 3.05) is 13.2 Å². The van der Waals surface area contributed by atoms with E-state index < -0.39 is 57.4 Å². The van der Waals surface area contributed by atoms with Crippen molar-refractivity contribution in [3.63, 3.8) is 0 Å². The van der Waals surface area contributed by atoms with E-state index in [0.29, 0.717) is 32.3 Å². The molecule has 13 nitrogen and oxygen atoms in total. The molecule has 0 radical (unpaired) electrons. The molecule has 0 bridgehead atoms. The summed E-state index contributed by atoms with van der Waals surface area (Å²) in [5.41, 5.74) is -0.158. The van der Waals surface area contributed by atoms with E-state index in [1.165, 1.54) is 23.5 Å². The predicted octanol–water partition coefficient (Wildman–Crippen LogP) is 5.01. The van der Waals surface area contributed by atoms with Crippen LogP contribution < -0.4 is 9.85 Å². The van der Waals surface area contributed by atoms with Gasteiger partial charge in [-0.2, -0.15) is 25.3 Å². The number of allylic oxidation sites excluding steroid dienone is 6. The summed E-state index contributed by atoms with van der Waals surface area (Å²) in [6, 6.07) is 13.4. The van der Waals surface area contributed by atoms with Gasteiger partial charge < -0.3 is 10.1 Å². The molecule has 1 amide bonds. The molecule has 1 unspecified atom stereocenters. The number of hydrogen-bond acceptors (Lipinski definition) is 10. The van der Waals surface area contributed by atoms with Gasteiger partial charge in [0, 0.05) is 43.4 Å². The van der Waals surface area contributed by atoms with Crippen LogP contribution in [0, 0.1) is 5.41 Å². The Labute approximate surface area is 329 Å². The van der Waals surface area contributed by atoms with Gasteiger partial charge in [-0.1, -0.05) is 48.6 Å². The van der Waals surface area contributed by atoms with Crippen molar-refractivity contribution in [3.05, 3.63) is 100 Å². The highest BCUT2D eigenvalue weighted by molar-refractivity contribution is 7.88. The van der Waals surface area contributed by atoms with Gasteiger partial charge in [0.1, 0.15) is 9.79 Å². The SMILES string of the molecule is CCNC(=O)C1(C(=O)OCC)CC(/C=C/C2=[S+]c3c(S(=O)(=O)O)cc(S(=O)(=O)O)c4cccc2c34)=CC(=C/C=c2/sc3ccc(S(=O)(=O)O)c4cccc2c34)/C1. The molecule has 7 rings (SSSR count). The number of benzene rings is 4. The van der Waals surface area contributed by atoms with Gasteiger partial charge in [-0.05, 0) is 68.2 Å². The minimum Gasteiger partial charge on any atom is -0.465 e. The number of amides is 1. The van der Waals surface area contributed by atoms with Gasteiger partial charge in [0.15, 0.2) is 10.3 Å². The number of carbonyl (C=O) groups excluding carboxylic acids is 2. The van der Waals surface area contributed by atoms with E-state index in [9.17, 15) is 48.5 Å². The molecule has 1 aliphatic heterocycles. The molecular weight excluding hydrogens is 823 g/mol. The number of carbonyl (C=O) groups is 2. The first kappa shape index (κ1) is 39.6. The second kappa shape index (κ2) is 14.4. The summed E-state index contributed by atoms with van der Waals surface area (Å²) < 4.78 is 111. The van der Waals surface area contributed by atoms with Gasteiger partial charge in [-0.3, -0.25) is 23.2 Å². The van der Waals surface area contributed by atoms with Crippen LogP contribution in [0.2, 0.25) is 0 Å². The normalized spacial score (nSPS) is 18.7. The first-order chi connectivity index (χ1) is 26.4. The smallest absolute Gasteiger partial charge is 0.322 e. The Kier molecular flexibility index (Phi) is 10.2. The van der Waals surface area contributed by atoms with Gasteiger partial charge >= 0.3 is 5.97 Å². The number of rotatable bonds is 10. The Hall–Kier alpha value is -4.66. The van der Waals surface area contributed by atoms with E-state index >= 15 is 0 Å². The Balaban J connectivity index is 1.38. The summed E-state index contributed by atoms with van der Waals surface area (Å²) in [6.07, 6.45) is 8.58. The van der Waals surface area contributed by atoms with Crippen LogP contribution in [0.25, 0.3) is 37.7 Å². The highest BCUT2D eigenvalue weighted by Crippen LogP contribution is 2.42. The molecule has 0 spiro atoms. The van der Waals surface area contributed by atoms with Crippen LogP contribution in [0.5, 0.6) is 0 Å². The van der Waals surface area contributed by atoms with E-state index in [1.54, 1.807) is 68.5 Å². The largest absolute Gasteiger partial charge is 0.465 e. The Morgan fingerprint density at radius 3 is 2.14 bits per heavy atom. The monoisotopic (exact) mass is 854 g/mol. The minimum absolute atomic E-state index is 0.0148. The molecule has 2 heterocycles. The average Bonchev–Trinajstić information content (AvgIpc) is 3.68. The van der Waals surface area contributed by atoms with Crippen molar-refractivity contribution in [3.8, 4) is 0 Å². The highest BCUT2D eigenvalue weighted by Gasteiger charge is 2.49. The van der Waals surface area contributed by atoms with Crippen molar-refractivity contribution >= 4 is 107 Å². The number of thiophene rings is 1. The summed E-state index contributed by atoms with van der Waals surface area (Å²) >= 11 is 2.35. The molecule has 56 heavy (non-hydrogen) atoms. The van der Waals surface area contributed by atoms with Crippen molar-refractivity contribution in [2.45, 2.75) is 46.3 Å². The first-order valence-corrected chi connectivity index (χ1v) is 22.9. The third-order valence-electron chi connectivity index (χ3n) is 9.52. The van der Waals surface area contributed by atoms with Crippen molar-refractivity contribution < 1.29 is 53.2 Å². The summed E-state index contributed by atoms with van der Waals surface area (Å²) in [5, 5.41) is 4.77. The Bertz CT molecular complexity index is 3050. The molecule has 4 N–H and O–H groups in total. The van der Waals surface area contributed by atoms with Crippen LogP contribution in [0.4, 0.5) is 0 Å². The van der Waals surface area contributed by atoms with E-state index in [0.717, 1.165) is 32.0 Å². The van der Waals surface area contributed by atoms with Crippen molar-refractivity contribution in [1.29, 1.82) is 0 Å². The lowest BCUT2D eigenvalue weighted by atomic mass is 9.71. The van der Waals surface area contributed by atoms with Crippen LogP contribution in [-0.2, 0) is 56.0 Å². The molecule has 1 aliphatic carbocycles. The fourth-order valence-electron chi connectivity index (χ4n) is 7.22. The van der Waals surface area contributed by atoms with Gasteiger partial charge in [0.05, 0.1) is 17.6 Å². The van der Waals surface area contributed by atoms with E-state index in [4.69, 9.17) is 4.74 Å². The lowest BCUT2D eigenvalue weighted by molar-refractivity contribution is -0.161. The minimum atomic E-state index is -4.94. The molecule has 290 valence electrons. The van der Waals surface area contributed by atoms with Crippen LogP contribution in [0.1, 0.15) is 32.3 Å². The van der Waals surface area contributed by atoms with Crippen LogP contribution in [0.15, 0.2) is 110 Å². The summed E-state index contributed by atoms with van der Waals surface area (Å²) in [6.45, 7) is 3.61. The van der Waals surface area contributed by atoms with Crippen molar-refractivity contribution in [1.82, 2.24) is 5.32 Å². The van der Waals surface area contributed by atoms with Gasteiger partial charge in [-0.25, -0.2) is 0 Å². The maximum atomic E-state index is 13.8. The number of nitrogens with one attached hydrogen (secondary N) is 1. The molecular formula is C38H32NO12S5+. The second-order valence-corrected chi connectivity index (χ2v) is 19.4. The molecule has 1 aromatic heterocycles. The maximum Gasteiger partial charge on any atom is 0.322 e. The lowest BCUT2D eigenvalue weighted by Gasteiger charge is -2.34. The van der Waals surface area contributed by atoms with E-state index in [1.807, 2.05) is 12.1 Å². The van der Waals surface area contributed by atoms with Crippen LogP contribution in [-0.4, -0.2) is 68.8 Å². The number of hydrogen-bond donors (Lipinski definition) is 4. The Morgan fingerprint density at radius 1 is 0.821 bits per heavy atom. The Morgan fingerprint density at radius 2 is 1.48 bits per heavy atom. The molecule has 18 heteroatoms. The zero-order chi connectivity index (χ0) is 40.4. The zero-order valence-electron chi connectivity index (χ0n) is 29.5. The molecule has 5 aromatic rings. The van der Waals surface area contributed by atoms with E-state index in [2.05, 4.69) is 5.32 Å². The quantitative estimate of drug-likeness (QED) is 0.0364. The zero-order valence-corrected chi connectivity index (χ0v) is 33.6. The maximum absolute atomic E-state index is 13.8. The topological polar surface area (TPSA) is 219 Å². The number of esters is 1. The molecule has 2 aliphatic rings. The molecule has 0 fully saturated rings.